The lowest BCUT2D eigenvalue weighted by atomic mass is 10.2. The Morgan fingerprint density at radius 2 is 1.79 bits per heavy atom. The molecule has 0 unspecified atom stereocenters. The summed E-state index contributed by atoms with van der Waals surface area (Å²) in [6, 6.07) is 18.0. The molecule has 0 fully saturated rings. The number of aliphatic imine (C=N–C) groups is 1. The number of aromatic nitrogens is 1. The van der Waals surface area contributed by atoms with Crippen molar-refractivity contribution >= 4 is 38.7 Å². The van der Waals surface area contributed by atoms with Crippen LogP contribution < -0.4 is 0 Å². The number of fused-ring (bicyclic) bond motifs is 1. The molecule has 0 bridgehead atoms. The van der Waals surface area contributed by atoms with E-state index in [9.17, 15) is 0 Å². The zero-order valence-electron chi connectivity index (χ0n) is 10.1. The summed E-state index contributed by atoms with van der Waals surface area (Å²) in [5.74, 6) is 0. The fourth-order valence-corrected chi connectivity index (χ4v) is 2.16. The standard InChI is InChI=1S/C16H11BrN2/c17-13-8-6-12(7-9-13)11-19-16-5-1-4-15-14(16)3-2-10-18-15/h1-11H. The summed E-state index contributed by atoms with van der Waals surface area (Å²) < 4.78 is 1.07. The monoisotopic (exact) mass is 310 g/mol. The molecule has 0 radical (unpaired) electrons. The quantitative estimate of drug-likeness (QED) is 0.627. The first-order valence-corrected chi connectivity index (χ1v) is 6.75. The van der Waals surface area contributed by atoms with E-state index < -0.39 is 0 Å². The maximum absolute atomic E-state index is 4.55. The van der Waals surface area contributed by atoms with Gasteiger partial charge in [0.1, 0.15) is 0 Å². The minimum absolute atomic E-state index is 0.938. The highest BCUT2D eigenvalue weighted by molar-refractivity contribution is 9.10. The molecule has 0 spiro atoms. The lowest BCUT2D eigenvalue weighted by molar-refractivity contribution is 1.41. The van der Waals surface area contributed by atoms with Crippen molar-refractivity contribution in [1.29, 1.82) is 0 Å². The zero-order chi connectivity index (χ0) is 13.1. The highest BCUT2D eigenvalue weighted by Crippen LogP contribution is 2.24. The average molecular weight is 311 g/mol. The predicted octanol–water partition coefficient (Wildman–Crippen LogP) is 4.75. The Bertz CT molecular complexity index is 728. The van der Waals surface area contributed by atoms with Crippen molar-refractivity contribution < 1.29 is 0 Å². The molecule has 0 aliphatic heterocycles. The van der Waals surface area contributed by atoms with Gasteiger partial charge in [-0.25, -0.2) is 0 Å². The second-order valence-corrected chi connectivity index (χ2v) is 5.07. The summed E-state index contributed by atoms with van der Waals surface area (Å²) in [6.45, 7) is 0. The van der Waals surface area contributed by atoms with Gasteiger partial charge in [0, 0.05) is 22.3 Å². The van der Waals surface area contributed by atoms with E-state index in [4.69, 9.17) is 0 Å². The van der Waals surface area contributed by atoms with Gasteiger partial charge >= 0.3 is 0 Å². The van der Waals surface area contributed by atoms with Crippen molar-refractivity contribution in [3.8, 4) is 0 Å². The summed E-state index contributed by atoms with van der Waals surface area (Å²) in [4.78, 5) is 8.88. The number of pyridine rings is 1. The molecule has 0 atom stereocenters. The molecule has 0 aliphatic carbocycles. The number of hydrogen-bond acceptors (Lipinski definition) is 2. The Labute approximate surface area is 120 Å². The summed E-state index contributed by atoms with van der Waals surface area (Å²) in [6.07, 6.45) is 3.67. The van der Waals surface area contributed by atoms with Crippen molar-refractivity contribution in [2.45, 2.75) is 0 Å². The first kappa shape index (κ1) is 12.1. The van der Waals surface area contributed by atoms with Crippen LogP contribution in [0.5, 0.6) is 0 Å². The van der Waals surface area contributed by atoms with E-state index >= 15 is 0 Å². The third-order valence-corrected chi connectivity index (χ3v) is 3.37. The Morgan fingerprint density at radius 3 is 2.63 bits per heavy atom. The molecule has 0 saturated carbocycles. The number of rotatable bonds is 2. The largest absolute Gasteiger partial charge is 0.256 e. The van der Waals surface area contributed by atoms with Gasteiger partial charge in [0.2, 0.25) is 0 Å². The molecular formula is C16H11BrN2. The normalized spacial score (nSPS) is 11.2. The van der Waals surface area contributed by atoms with Crippen LogP contribution in [0.15, 0.2) is 70.3 Å². The van der Waals surface area contributed by atoms with Gasteiger partial charge in [-0.3, -0.25) is 9.98 Å². The topological polar surface area (TPSA) is 25.2 Å². The van der Waals surface area contributed by atoms with E-state index in [1.807, 2.05) is 60.8 Å². The molecule has 0 amide bonds. The van der Waals surface area contributed by atoms with Crippen molar-refractivity contribution in [1.82, 2.24) is 4.98 Å². The smallest absolute Gasteiger partial charge is 0.0723 e. The van der Waals surface area contributed by atoms with Gasteiger partial charge in [0.25, 0.3) is 0 Å². The second kappa shape index (κ2) is 5.33. The molecule has 1 heterocycles. The molecule has 0 saturated heterocycles. The van der Waals surface area contributed by atoms with Gasteiger partial charge in [-0.15, -0.1) is 0 Å². The fraction of sp³-hybridized carbons (Fsp3) is 0. The van der Waals surface area contributed by atoms with Crippen LogP contribution in [0.4, 0.5) is 5.69 Å². The molecule has 3 aromatic rings. The molecule has 0 aliphatic rings. The lowest BCUT2D eigenvalue weighted by Gasteiger charge is -2.00. The predicted molar refractivity (Wildman–Crippen MR) is 83.1 cm³/mol. The van der Waals surface area contributed by atoms with E-state index in [2.05, 4.69) is 25.9 Å². The molecule has 3 heteroatoms. The van der Waals surface area contributed by atoms with Crippen LogP contribution >= 0.6 is 15.9 Å². The van der Waals surface area contributed by atoms with Crippen molar-refractivity contribution in [2.24, 2.45) is 4.99 Å². The molecule has 0 N–H and O–H groups in total. The van der Waals surface area contributed by atoms with Crippen LogP contribution in [0, 0.1) is 0 Å². The molecule has 2 nitrogen and oxygen atoms in total. The third-order valence-electron chi connectivity index (χ3n) is 2.85. The van der Waals surface area contributed by atoms with Gasteiger partial charge in [-0.05, 0) is 42.0 Å². The molecule has 2 aromatic carbocycles. The second-order valence-electron chi connectivity index (χ2n) is 4.16. The van der Waals surface area contributed by atoms with Crippen LogP contribution in [-0.2, 0) is 0 Å². The molecule has 19 heavy (non-hydrogen) atoms. The molecule has 92 valence electrons. The van der Waals surface area contributed by atoms with E-state index in [1.165, 1.54) is 0 Å². The van der Waals surface area contributed by atoms with E-state index in [0.29, 0.717) is 0 Å². The Kier molecular flexibility index (Phi) is 3.38. The Hall–Kier alpha value is -2.00. The van der Waals surface area contributed by atoms with Crippen molar-refractivity contribution in [3.63, 3.8) is 0 Å². The minimum atomic E-state index is 0.938. The van der Waals surface area contributed by atoms with Crippen LogP contribution in [0.1, 0.15) is 5.56 Å². The molecular weight excluding hydrogens is 300 g/mol. The zero-order valence-corrected chi connectivity index (χ0v) is 11.7. The number of benzene rings is 2. The van der Waals surface area contributed by atoms with E-state index in [1.54, 1.807) is 6.20 Å². The first-order valence-electron chi connectivity index (χ1n) is 5.96. The van der Waals surface area contributed by atoms with Gasteiger partial charge in [-0.1, -0.05) is 34.1 Å². The number of hydrogen-bond donors (Lipinski definition) is 0. The molecule has 3 rings (SSSR count). The summed E-state index contributed by atoms with van der Waals surface area (Å²) in [5.41, 5.74) is 2.98. The SMILES string of the molecule is Brc1ccc(C=Nc2cccc3ncccc23)cc1. The van der Waals surface area contributed by atoms with Crippen LogP contribution in [0.3, 0.4) is 0 Å². The van der Waals surface area contributed by atoms with Crippen LogP contribution in [-0.4, -0.2) is 11.2 Å². The maximum Gasteiger partial charge on any atom is 0.0723 e. The van der Waals surface area contributed by atoms with Gasteiger partial charge in [-0.2, -0.15) is 0 Å². The lowest BCUT2D eigenvalue weighted by Crippen LogP contribution is -1.81. The van der Waals surface area contributed by atoms with Crippen molar-refractivity contribution in [2.75, 3.05) is 0 Å². The molecule has 1 aromatic heterocycles. The highest BCUT2D eigenvalue weighted by Gasteiger charge is 1.98. The average Bonchev–Trinajstić information content (AvgIpc) is 2.47. The summed E-state index contributed by atoms with van der Waals surface area (Å²) >= 11 is 3.42. The first-order chi connectivity index (χ1) is 9.33. The Balaban J connectivity index is 1.99. The van der Waals surface area contributed by atoms with Gasteiger partial charge in [0.15, 0.2) is 0 Å². The van der Waals surface area contributed by atoms with Crippen LogP contribution in [0.25, 0.3) is 10.9 Å². The summed E-state index contributed by atoms with van der Waals surface area (Å²) in [5, 5.41) is 1.07. The summed E-state index contributed by atoms with van der Waals surface area (Å²) in [7, 11) is 0. The van der Waals surface area contributed by atoms with E-state index in [-0.39, 0.29) is 0 Å². The minimum Gasteiger partial charge on any atom is -0.256 e. The highest BCUT2D eigenvalue weighted by atomic mass is 79.9. The van der Waals surface area contributed by atoms with Gasteiger partial charge < -0.3 is 0 Å². The third kappa shape index (κ3) is 2.71. The Morgan fingerprint density at radius 1 is 0.947 bits per heavy atom. The van der Waals surface area contributed by atoms with Crippen LogP contribution in [0.2, 0.25) is 0 Å². The maximum atomic E-state index is 4.55. The van der Waals surface area contributed by atoms with E-state index in [0.717, 1.165) is 26.6 Å². The number of nitrogens with zero attached hydrogens (tertiary/aromatic N) is 2. The number of halogens is 1. The van der Waals surface area contributed by atoms with Crippen molar-refractivity contribution in [3.05, 3.63) is 70.8 Å². The van der Waals surface area contributed by atoms with Gasteiger partial charge in [0.05, 0.1) is 11.2 Å². The fourth-order valence-electron chi connectivity index (χ4n) is 1.89.